The van der Waals surface area contributed by atoms with Crippen molar-refractivity contribution in [2.45, 2.75) is 76.3 Å². The van der Waals surface area contributed by atoms with Gasteiger partial charge in [-0.1, -0.05) is 6.07 Å². The number of aliphatic carboxylic acids is 4. The fourth-order valence-electron chi connectivity index (χ4n) is 11.4. The highest BCUT2D eigenvalue weighted by atomic mass is 32.2. The molecule has 1 saturated heterocycles. The first-order valence-corrected chi connectivity index (χ1v) is 40.2. The van der Waals surface area contributed by atoms with E-state index < -0.39 is 109 Å². The molecule has 0 saturated carbocycles. The minimum Gasteiger partial charge on any atom is -0.494 e. The van der Waals surface area contributed by atoms with Gasteiger partial charge in [0, 0.05) is 135 Å². The molecule has 44 heteroatoms. The van der Waals surface area contributed by atoms with E-state index in [2.05, 4.69) is 41.9 Å². The first-order valence-electron chi connectivity index (χ1n) is 35.1. The van der Waals surface area contributed by atoms with Crippen LogP contribution < -0.4 is 46.8 Å². The van der Waals surface area contributed by atoms with Crippen LogP contribution in [0.4, 0.5) is 5.95 Å². The number of carbonyl (C=O) groups excluding carboxylic acids is 5. The third-order valence-corrected chi connectivity index (χ3v) is 19.7. The van der Waals surface area contributed by atoms with E-state index in [0.29, 0.717) is 67.3 Å². The van der Waals surface area contributed by atoms with Gasteiger partial charge < -0.3 is 100 Å². The van der Waals surface area contributed by atoms with Gasteiger partial charge in [-0.2, -0.15) is 0 Å². The maximum absolute atomic E-state index is 13.8. The first-order chi connectivity index (χ1) is 52.0. The molecule has 2 aromatic heterocycles. The number of amides is 5. The number of nitrogens with zero attached hydrogens (tertiary/aromatic N) is 7. The van der Waals surface area contributed by atoms with Crippen LogP contribution in [0.1, 0.15) is 72.0 Å². The number of hydrogen-bond donors (Lipinski definition) is 16. The highest BCUT2D eigenvalue weighted by Gasteiger charge is 2.30. The lowest BCUT2D eigenvalue weighted by molar-refractivity contribution is -0.140. The van der Waals surface area contributed by atoms with Crippen LogP contribution in [-0.4, -0.2) is 310 Å². The maximum atomic E-state index is 13.8. The number of H-pyrrole nitrogens is 1. The Hall–Kier alpha value is -8.84. The average molecular weight is 1610 g/mol. The second-order valence-corrected chi connectivity index (χ2v) is 30.6. The highest BCUT2D eigenvalue weighted by Crippen LogP contribution is 2.40. The SMILES string of the molecule is Cc1cc(OCCCC(=O)NCCCOCCOCCOCCCNC(=O)[C@@H](CCCCNC(=O)CN(CP(=O)(O)O)CP(=O)(O)O)NC(=O)CN2CCN(CC(=O)O)CCN(CC(=O)O)CCN(CC(=O)O)CC2)cc(C)c1S(=O)(=O)NC(=CNC(=O)c1cn(C)c2cc(CNc3ncc[nH]3)ccc2c1=O)C(=O)O. The second kappa shape index (κ2) is 46.7. The Morgan fingerprint density at radius 2 is 1.17 bits per heavy atom. The number of rotatable bonds is 49. The molecular weight excluding hydrogens is 1510 g/mol. The predicted octanol–water partition coefficient (Wildman–Crippen LogP) is -1.83. The van der Waals surface area contributed by atoms with E-state index in [1.165, 1.54) is 32.2 Å². The molecule has 0 radical (unpaired) electrons. The molecule has 0 unspecified atom stereocenters. The van der Waals surface area contributed by atoms with E-state index in [1.807, 2.05) is 4.72 Å². The van der Waals surface area contributed by atoms with Crippen molar-refractivity contribution >= 4 is 95.5 Å². The van der Waals surface area contributed by atoms with Crippen molar-refractivity contribution in [3.05, 3.63) is 93.3 Å². The van der Waals surface area contributed by atoms with E-state index in [9.17, 15) is 105 Å². The van der Waals surface area contributed by atoms with Gasteiger partial charge in [0.1, 0.15) is 29.9 Å². The van der Waals surface area contributed by atoms with E-state index >= 15 is 0 Å². The standard InChI is InChI=1S/C66H101N15O26P2S/c1-46-33-49(34-47(2)62(46)110(102,103)75-53(65(94)95)37-72-63(92)51-38-76(3)54-35-48(11-12-50(54)61(51)91)36-73-66-70-16-17-71-66)107-28-6-10-55(82)67-14-7-26-104-29-31-106-32-30-105-27-8-15-69-64(93)52(9-4-5-13-68-56(83)39-81(44-108(96,97)98)45-109(99,100)101)74-57(84)40-77-18-20-78(41-58(85)86)22-24-80(43-60(89)90)25-23-79(21-19-77)42-59(87)88/h11-12,16-17,33-35,37-38,52,75H,4-10,13-15,18-32,36,39-45H2,1-3H3,(H,67,82)(H,68,83)(H,69,93)(H,72,92)(H,74,84)(H,85,86)(H,87,88)(H,89,90)(H,94,95)(H2,70,71,73)(H2,96,97,98)(H2,99,100,101)/t52-/m1/s1. The van der Waals surface area contributed by atoms with Gasteiger partial charge in [-0.25, -0.2) is 18.2 Å². The van der Waals surface area contributed by atoms with Gasteiger partial charge in [-0.05, 0) is 93.3 Å². The van der Waals surface area contributed by atoms with Crippen LogP contribution in [0.25, 0.3) is 10.9 Å². The number of unbranched alkanes of at least 4 members (excludes halogenated alkanes) is 1. The molecule has 0 aliphatic carbocycles. The van der Waals surface area contributed by atoms with Crippen LogP contribution in [0.5, 0.6) is 5.75 Å². The molecule has 1 aliphatic rings. The minimum absolute atomic E-state index is 0.0282. The molecule has 612 valence electrons. The minimum atomic E-state index is -4.81. The maximum Gasteiger partial charge on any atom is 0.354 e. The Kier molecular flexibility index (Phi) is 39.0. The molecule has 0 bridgehead atoms. The fraction of sp³-hybridized carbons (Fsp3) is 0.561. The number of fused-ring (bicyclic) bond motifs is 1. The van der Waals surface area contributed by atoms with Crippen molar-refractivity contribution in [1.29, 1.82) is 0 Å². The number of pyridine rings is 1. The smallest absolute Gasteiger partial charge is 0.354 e. The van der Waals surface area contributed by atoms with Crippen molar-refractivity contribution in [3.63, 3.8) is 0 Å². The van der Waals surface area contributed by atoms with Crippen LogP contribution in [0.2, 0.25) is 0 Å². The number of anilines is 1. The molecule has 3 heterocycles. The van der Waals surface area contributed by atoms with Crippen LogP contribution in [0.3, 0.4) is 0 Å². The zero-order valence-corrected chi connectivity index (χ0v) is 64.1. The molecule has 110 heavy (non-hydrogen) atoms. The number of sulfonamides is 1. The number of aromatic nitrogens is 3. The van der Waals surface area contributed by atoms with Gasteiger partial charge in [0.25, 0.3) is 15.9 Å². The van der Waals surface area contributed by atoms with Crippen molar-refractivity contribution in [2.24, 2.45) is 7.05 Å². The molecule has 1 fully saturated rings. The van der Waals surface area contributed by atoms with Crippen molar-refractivity contribution in [3.8, 4) is 5.75 Å². The van der Waals surface area contributed by atoms with Gasteiger partial charge in [-0.3, -0.25) is 81.5 Å². The lowest BCUT2D eigenvalue weighted by Gasteiger charge is -2.33. The van der Waals surface area contributed by atoms with Crippen LogP contribution in [0.15, 0.2) is 70.5 Å². The summed E-state index contributed by atoms with van der Waals surface area (Å²) >= 11 is 0. The Morgan fingerprint density at radius 1 is 0.655 bits per heavy atom. The van der Waals surface area contributed by atoms with Crippen LogP contribution in [0, 0.1) is 13.8 Å². The molecule has 5 rings (SSSR count). The number of ether oxygens (including phenoxy) is 4. The summed E-state index contributed by atoms with van der Waals surface area (Å²) in [5.74, 6) is -7.44. The first kappa shape index (κ1) is 91.8. The van der Waals surface area contributed by atoms with Crippen molar-refractivity contribution < 1.29 is 120 Å². The number of aromatic amines is 1. The predicted molar refractivity (Wildman–Crippen MR) is 395 cm³/mol. The summed E-state index contributed by atoms with van der Waals surface area (Å²) in [6, 6.07) is 6.80. The molecular formula is C66H101N15O26P2S. The number of hydrogen-bond acceptors (Lipinski definition) is 25. The molecule has 0 spiro atoms. The Bertz CT molecular complexity index is 3970. The second-order valence-electron chi connectivity index (χ2n) is 25.8. The largest absolute Gasteiger partial charge is 0.494 e. The van der Waals surface area contributed by atoms with Gasteiger partial charge >= 0.3 is 39.1 Å². The number of carboxylic acid groups (broad SMARTS) is 4. The topological polar surface area (TPSA) is 572 Å². The van der Waals surface area contributed by atoms with E-state index in [0.717, 1.165) is 5.56 Å². The van der Waals surface area contributed by atoms with E-state index in [-0.39, 0.29) is 190 Å². The molecule has 1 aliphatic heterocycles. The van der Waals surface area contributed by atoms with E-state index in [4.69, 9.17) is 18.9 Å². The number of nitrogens with one attached hydrogen (secondary N) is 8. The number of carboxylic acids is 4. The summed E-state index contributed by atoms with van der Waals surface area (Å²) in [4.78, 5) is 178. The third kappa shape index (κ3) is 35.9. The summed E-state index contributed by atoms with van der Waals surface area (Å²) in [5.41, 5.74) is -0.111. The third-order valence-electron chi connectivity index (χ3n) is 16.5. The van der Waals surface area contributed by atoms with Gasteiger partial charge in [-0.15, -0.1) is 0 Å². The highest BCUT2D eigenvalue weighted by molar-refractivity contribution is 7.89. The lowest BCUT2D eigenvalue weighted by atomic mass is 10.1. The lowest BCUT2D eigenvalue weighted by Crippen LogP contribution is -2.52. The molecule has 1 atom stereocenters. The quantitative estimate of drug-likeness (QED) is 0.0131. The molecule has 5 amide bonds. The number of aryl methyl sites for hydroxylation is 3. The normalized spacial score (nSPS) is 14.4. The summed E-state index contributed by atoms with van der Waals surface area (Å²) in [6.07, 6.45) is 4.79. The van der Waals surface area contributed by atoms with Crippen LogP contribution >= 0.6 is 15.2 Å². The fourth-order valence-corrected chi connectivity index (χ4v) is 14.5. The zero-order valence-electron chi connectivity index (χ0n) is 61.5. The Morgan fingerprint density at radius 3 is 1.69 bits per heavy atom. The Labute approximate surface area is 634 Å². The summed E-state index contributed by atoms with van der Waals surface area (Å²) in [7, 11) is -12.6. The van der Waals surface area contributed by atoms with Crippen molar-refractivity contribution in [2.75, 3.05) is 169 Å². The zero-order chi connectivity index (χ0) is 81.0. The summed E-state index contributed by atoms with van der Waals surface area (Å²) in [5, 5.41) is 55.1. The van der Waals surface area contributed by atoms with Crippen molar-refractivity contribution in [1.82, 2.24) is 70.3 Å². The average Bonchev–Trinajstić information content (AvgIpc) is 1.51. The number of imidazole rings is 1. The number of carbonyl (C=O) groups is 9. The van der Waals surface area contributed by atoms with Gasteiger partial charge in [0.15, 0.2) is 11.6 Å². The number of benzene rings is 2. The molecule has 4 aromatic rings. The Balaban J connectivity index is 0.984. The van der Waals surface area contributed by atoms with Gasteiger partial charge in [0.05, 0.1) is 76.2 Å². The molecule has 2 aromatic carbocycles. The van der Waals surface area contributed by atoms with Crippen LogP contribution in [-0.2, 0) is 85.3 Å². The van der Waals surface area contributed by atoms with Gasteiger partial charge in [0.2, 0.25) is 29.1 Å². The molecule has 41 nitrogen and oxygen atoms in total. The summed E-state index contributed by atoms with van der Waals surface area (Å²) < 4.78 is 76.7. The van der Waals surface area contributed by atoms with E-state index in [1.54, 1.807) is 61.8 Å². The monoisotopic (exact) mass is 1610 g/mol. The molecule has 16 N–H and O–H groups in total. The summed E-state index contributed by atoms with van der Waals surface area (Å²) in [6.45, 7) is 4.30.